The summed E-state index contributed by atoms with van der Waals surface area (Å²) < 4.78 is 96.1. The summed E-state index contributed by atoms with van der Waals surface area (Å²) in [6.45, 7) is 0. The van der Waals surface area contributed by atoms with E-state index in [1.165, 1.54) is 0 Å². The average Bonchev–Trinajstić information content (AvgIpc) is 2.44. The molecule has 9 heteroatoms. The molecule has 2 aromatic carbocycles. The molecule has 21 heavy (non-hydrogen) atoms. The molecule has 2 aromatic rings. The minimum atomic E-state index is -2.39. The van der Waals surface area contributed by atoms with E-state index < -0.39 is 52.2 Å². The fourth-order valence-corrected chi connectivity index (χ4v) is 1.80. The van der Waals surface area contributed by atoms with Crippen molar-refractivity contribution in [1.29, 1.82) is 0 Å². The van der Waals surface area contributed by atoms with Gasteiger partial charge in [-0.05, 0) is 12.1 Å². The summed E-state index contributed by atoms with van der Waals surface area (Å²) in [5.41, 5.74) is 0. The Labute approximate surface area is 121 Å². The van der Waals surface area contributed by atoms with Gasteiger partial charge in [0.15, 0.2) is 11.6 Å². The van der Waals surface area contributed by atoms with Gasteiger partial charge in [-0.25, -0.2) is 17.6 Å². The van der Waals surface area contributed by atoms with Crippen molar-refractivity contribution in [3.05, 3.63) is 57.3 Å². The number of halogens is 8. The van der Waals surface area contributed by atoms with Gasteiger partial charge in [0.1, 0.15) is 0 Å². The lowest BCUT2D eigenvalue weighted by atomic mass is 10.2. The first kappa shape index (κ1) is 15.6. The summed E-state index contributed by atoms with van der Waals surface area (Å²) >= 11 is 2.76. The first-order chi connectivity index (χ1) is 9.73. The molecule has 112 valence electrons. The minimum Gasteiger partial charge on any atom is -0.448 e. The van der Waals surface area contributed by atoms with E-state index in [0.29, 0.717) is 6.07 Å². The molecule has 0 aromatic heterocycles. The second-order valence-corrected chi connectivity index (χ2v) is 4.62. The number of benzene rings is 2. The van der Waals surface area contributed by atoms with Crippen LogP contribution in [0.25, 0.3) is 0 Å². The maximum absolute atomic E-state index is 13.4. The Morgan fingerprint density at radius 1 is 0.667 bits per heavy atom. The Morgan fingerprint density at radius 2 is 1.14 bits per heavy atom. The highest BCUT2D eigenvalue weighted by Crippen LogP contribution is 2.35. The summed E-state index contributed by atoms with van der Waals surface area (Å²) in [4.78, 5) is 0. The predicted molar refractivity (Wildman–Crippen MR) is 60.4 cm³/mol. The fraction of sp³-hybridized carbons (Fsp3) is 0. The zero-order chi connectivity index (χ0) is 15.9. The van der Waals surface area contributed by atoms with E-state index in [1.807, 2.05) is 0 Å². The number of rotatable bonds is 2. The van der Waals surface area contributed by atoms with E-state index in [-0.39, 0.29) is 4.47 Å². The van der Waals surface area contributed by atoms with Crippen LogP contribution in [0.1, 0.15) is 0 Å². The molecule has 0 fully saturated rings. The van der Waals surface area contributed by atoms with Crippen molar-refractivity contribution in [3.63, 3.8) is 0 Å². The van der Waals surface area contributed by atoms with Crippen LogP contribution in [0.2, 0.25) is 0 Å². The quantitative estimate of drug-likeness (QED) is 0.398. The molecular formula is C12H2BrF7O. The summed E-state index contributed by atoms with van der Waals surface area (Å²) in [5, 5.41) is 0. The van der Waals surface area contributed by atoms with Gasteiger partial charge in [-0.1, -0.05) is 15.9 Å². The van der Waals surface area contributed by atoms with Crippen LogP contribution in [0.15, 0.2) is 16.6 Å². The van der Waals surface area contributed by atoms with Crippen molar-refractivity contribution in [2.24, 2.45) is 0 Å². The Hall–Kier alpha value is -1.77. The topological polar surface area (TPSA) is 9.23 Å². The molecule has 0 aliphatic rings. The average molecular weight is 375 g/mol. The molecule has 0 saturated heterocycles. The van der Waals surface area contributed by atoms with Crippen molar-refractivity contribution < 1.29 is 35.5 Å². The second kappa shape index (κ2) is 5.55. The lowest BCUT2D eigenvalue weighted by molar-refractivity contribution is 0.322. The SMILES string of the molecule is Fc1cc(Br)cc(Oc2c(F)c(F)c(F)c(F)c2F)c1F. The molecule has 0 N–H and O–H groups in total. The zero-order valence-corrected chi connectivity index (χ0v) is 11.2. The Bertz CT molecular complexity index is 703. The first-order valence-electron chi connectivity index (χ1n) is 5.07. The molecule has 0 aliphatic heterocycles. The Morgan fingerprint density at radius 3 is 1.67 bits per heavy atom. The van der Waals surface area contributed by atoms with E-state index in [1.54, 1.807) is 0 Å². The molecule has 0 bridgehead atoms. The van der Waals surface area contributed by atoms with Gasteiger partial charge in [0.05, 0.1) is 0 Å². The molecule has 0 atom stereocenters. The molecule has 0 aliphatic carbocycles. The minimum absolute atomic E-state index is 0.0692. The summed E-state index contributed by atoms with van der Waals surface area (Å²) in [6.07, 6.45) is 0. The van der Waals surface area contributed by atoms with Gasteiger partial charge in [0.25, 0.3) is 0 Å². The van der Waals surface area contributed by atoms with Crippen LogP contribution in [0.5, 0.6) is 11.5 Å². The van der Waals surface area contributed by atoms with Gasteiger partial charge in [-0.2, -0.15) is 13.2 Å². The normalized spacial score (nSPS) is 10.9. The number of hydrogen-bond donors (Lipinski definition) is 0. The molecule has 1 nitrogen and oxygen atoms in total. The summed E-state index contributed by atoms with van der Waals surface area (Å²) in [5.74, 6) is -17.4. The van der Waals surface area contributed by atoms with Crippen molar-refractivity contribution in [2.45, 2.75) is 0 Å². The molecule has 0 unspecified atom stereocenters. The maximum atomic E-state index is 13.4. The van der Waals surface area contributed by atoms with Crippen LogP contribution in [-0.4, -0.2) is 0 Å². The van der Waals surface area contributed by atoms with E-state index in [0.717, 1.165) is 6.07 Å². The molecule has 0 saturated carbocycles. The van der Waals surface area contributed by atoms with Crippen molar-refractivity contribution >= 4 is 15.9 Å². The highest BCUT2D eigenvalue weighted by atomic mass is 79.9. The van der Waals surface area contributed by atoms with Crippen LogP contribution in [0, 0.1) is 40.7 Å². The van der Waals surface area contributed by atoms with Crippen LogP contribution in [-0.2, 0) is 0 Å². The Kier molecular flexibility index (Phi) is 4.13. The second-order valence-electron chi connectivity index (χ2n) is 3.70. The molecule has 2 rings (SSSR count). The summed E-state index contributed by atoms with van der Waals surface area (Å²) in [6, 6.07) is 1.44. The Balaban J connectivity index is 2.60. The van der Waals surface area contributed by atoms with Crippen molar-refractivity contribution in [1.82, 2.24) is 0 Å². The largest absolute Gasteiger partial charge is 0.448 e. The van der Waals surface area contributed by atoms with Gasteiger partial charge in [-0.3, -0.25) is 0 Å². The van der Waals surface area contributed by atoms with Crippen LogP contribution < -0.4 is 4.74 Å². The summed E-state index contributed by atoms with van der Waals surface area (Å²) in [7, 11) is 0. The van der Waals surface area contributed by atoms with E-state index in [4.69, 9.17) is 0 Å². The molecule has 0 spiro atoms. The standard InChI is InChI=1S/C12H2BrF7O/c13-3-1-4(14)6(15)5(2-3)21-12-10(19)8(17)7(16)9(18)11(12)20/h1-2H. The third-order valence-electron chi connectivity index (χ3n) is 2.34. The highest BCUT2D eigenvalue weighted by Gasteiger charge is 2.28. The third kappa shape index (κ3) is 2.69. The molecule has 0 radical (unpaired) electrons. The molecule has 0 heterocycles. The van der Waals surface area contributed by atoms with Gasteiger partial charge >= 0.3 is 0 Å². The van der Waals surface area contributed by atoms with E-state index >= 15 is 0 Å². The smallest absolute Gasteiger partial charge is 0.207 e. The highest BCUT2D eigenvalue weighted by molar-refractivity contribution is 9.10. The van der Waals surface area contributed by atoms with Crippen LogP contribution in [0.3, 0.4) is 0 Å². The van der Waals surface area contributed by atoms with Crippen molar-refractivity contribution in [3.8, 4) is 11.5 Å². The van der Waals surface area contributed by atoms with Gasteiger partial charge < -0.3 is 4.74 Å². The van der Waals surface area contributed by atoms with Gasteiger partial charge in [-0.15, -0.1) is 0 Å². The molecule has 0 amide bonds. The third-order valence-corrected chi connectivity index (χ3v) is 2.80. The first-order valence-corrected chi connectivity index (χ1v) is 5.87. The van der Waals surface area contributed by atoms with Crippen molar-refractivity contribution in [2.75, 3.05) is 0 Å². The fourth-order valence-electron chi connectivity index (χ4n) is 1.39. The maximum Gasteiger partial charge on any atom is 0.207 e. The predicted octanol–water partition coefficient (Wildman–Crippen LogP) is 5.22. The monoisotopic (exact) mass is 374 g/mol. The molecular weight excluding hydrogens is 373 g/mol. The van der Waals surface area contributed by atoms with Gasteiger partial charge in [0.2, 0.25) is 40.7 Å². The lowest BCUT2D eigenvalue weighted by Crippen LogP contribution is -2.05. The number of ether oxygens (including phenoxy) is 1. The van der Waals surface area contributed by atoms with Crippen LogP contribution in [0.4, 0.5) is 30.7 Å². The van der Waals surface area contributed by atoms with Gasteiger partial charge in [0, 0.05) is 4.47 Å². The van der Waals surface area contributed by atoms with Crippen LogP contribution >= 0.6 is 15.9 Å². The van der Waals surface area contributed by atoms with E-state index in [9.17, 15) is 30.7 Å². The zero-order valence-electron chi connectivity index (χ0n) is 9.59. The van der Waals surface area contributed by atoms with E-state index in [2.05, 4.69) is 20.7 Å². The number of hydrogen-bond acceptors (Lipinski definition) is 1. The lowest BCUT2D eigenvalue weighted by Gasteiger charge is -2.11.